The van der Waals surface area contributed by atoms with Crippen molar-refractivity contribution in [3.63, 3.8) is 0 Å². The van der Waals surface area contributed by atoms with Gasteiger partial charge in [-0.1, -0.05) is 13.0 Å². The third kappa shape index (κ3) is 4.06. The van der Waals surface area contributed by atoms with Crippen LogP contribution in [-0.2, 0) is 10.0 Å². The Kier molecular flexibility index (Phi) is 5.53. The Bertz CT molecular complexity index is 686. The number of aromatic carboxylic acids is 1. The van der Waals surface area contributed by atoms with Gasteiger partial charge in [-0.3, -0.25) is 0 Å². The first-order valence-corrected chi connectivity index (χ1v) is 8.01. The molecular weight excluding hydrogens is 290 g/mol. The summed E-state index contributed by atoms with van der Waals surface area (Å²) in [6, 6.07) is 2.38. The average molecular weight is 309 g/mol. The van der Waals surface area contributed by atoms with Crippen LogP contribution in [0.3, 0.4) is 0 Å². The Morgan fingerprint density at radius 2 is 2.00 bits per heavy atom. The summed E-state index contributed by atoms with van der Waals surface area (Å²) in [5.41, 5.74) is 1.00. The van der Waals surface area contributed by atoms with Crippen LogP contribution in [0.1, 0.15) is 41.3 Å². The molecule has 0 saturated carbocycles. The quantitative estimate of drug-likeness (QED) is 0.788. The molecule has 0 heterocycles. The summed E-state index contributed by atoms with van der Waals surface area (Å²) in [7, 11) is -3.81. The molecule has 0 spiro atoms. The van der Waals surface area contributed by atoms with Crippen LogP contribution >= 0.6 is 0 Å². The summed E-state index contributed by atoms with van der Waals surface area (Å²) in [6.45, 7) is 5.10. The van der Waals surface area contributed by atoms with Gasteiger partial charge in [0, 0.05) is 12.5 Å². The molecule has 0 radical (unpaired) electrons. The van der Waals surface area contributed by atoms with E-state index in [0.29, 0.717) is 17.5 Å². The second-order valence-corrected chi connectivity index (χ2v) is 6.55. The van der Waals surface area contributed by atoms with E-state index < -0.39 is 16.0 Å². The third-order valence-corrected chi connectivity index (χ3v) is 4.88. The summed E-state index contributed by atoms with van der Waals surface area (Å²) in [4.78, 5) is 11.1. The van der Waals surface area contributed by atoms with Gasteiger partial charge in [-0.05, 0) is 37.5 Å². The average Bonchev–Trinajstić information content (AvgIpc) is 2.37. The molecule has 0 amide bonds. The van der Waals surface area contributed by atoms with Crippen molar-refractivity contribution in [3.8, 4) is 12.3 Å². The Labute approximate surface area is 125 Å². The number of hydrogen-bond donors (Lipinski definition) is 2. The van der Waals surface area contributed by atoms with Crippen LogP contribution in [0.15, 0.2) is 17.0 Å². The van der Waals surface area contributed by atoms with Crippen molar-refractivity contribution in [2.45, 2.75) is 44.6 Å². The predicted octanol–water partition coefficient (Wildman–Crippen LogP) is 2.08. The van der Waals surface area contributed by atoms with Gasteiger partial charge >= 0.3 is 5.97 Å². The molecule has 21 heavy (non-hydrogen) atoms. The van der Waals surface area contributed by atoms with E-state index in [1.165, 1.54) is 6.07 Å². The molecule has 0 aliphatic carbocycles. The minimum Gasteiger partial charge on any atom is -0.478 e. The van der Waals surface area contributed by atoms with Gasteiger partial charge in [0.1, 0.15) is 0 Å². The fourth-order valence-electron chi connectivity index (χ4n) is 2.05. The molecule has 0 aliphatic heterocycles. The molecule has 0 saturated heterocycles. The zero-order valence-corrected chi connectivity index (χ0v) is 13.1. The molecule has 0 fully saturated rings. The fraction of sp³-hybridized carbons (Fsp3) is 0.400. The number of rotatable bonds is 6. The molecule has 1 unspecified atom stereocenters. The molecule has 1 aromatic rings. The first-order valence-electron chi connectivity index (χ1n) is 6.53. The largest absolute Gasteiger partial charge is 0.478 e. The monoisotopic (exact) mass is 309 g/mol. The van der Waals surface area contributed by atoms with Crippen LogP contribution in [-0.4, -0.2) is 25.5 Å². The zero-order chi connectivity index (χ0) is 16.2. The van der Waals surface area contributed by atoms with Crippen molar-refractivity contribution in [3.05, 3.63) is 28.8 Å². The Morgan fingerprint density at radius 3 is 2.48 bits per heavy atom. The highest BCUT2D eigenvalue weighted by atomic mass is 32.2. The van der Waals surface area contributed by atoms with Crippen molar-refractivity contribution >= 4 is 16.0 Å². The molecule has 0 aliphatic rings. The van der Waals surface area contributed by atoms with Crippen LogP contribution in [0, 0.1) is 26.2 Å². The van der Waals surface area contributed by atoms with Crippen LogP contribution < -0.4 is 4.72 Å². The zero-order valence-electron chi connectivity index (χ0n) is 12.3. The standard InChI is InChI=1S/C15H19NO4S/c1-5-7-12(6-2)16-21(19,20)14-9-13(15(17)18)10(3)8-11(14)4/h1,8-9,12,16H,6-7H2,2-4H3,(H,17,18). The predicted molar refractivity (Wildman–Crippen MR) is 80.7 cm³/mol. The topological polar surface area (TPSA) is 83.5 Å². The lowest BCUT2D eigenvalue weighted by Gasteiger charge is -2.17. The summed E-state index contributed by atoms with van der Waals surface area (Å²) < 4.78 is 27.3. The lowest BCUT2D eigenvalue weighted by atomic mass is 10.1. The van der Waals surface area contributed by atoms with Crippen molar-refractivity contribution < 1.29 is 18.3 Å². The van der Waals surface area contributed by atoms with Gasteiger partial charge < -0.3 is 5.11 Å². The molecule has 5 nitrogen and oxygen atoms in total. The lowest BCUT2D eigenvalue weighted by molar-refractivity contribution is 0.0696. The Balaban J connectivity index is 3.29. The molecule has 1 rings (SSSR count). The number of nitrogens with one attached hydrogen (secondary N) is 1. The number of carboxylic acids is 1. The molecule has 6 heteroatoms. The highest BCUT2D eigenvalue weighted by Gasteiger charge is 2.23. The fourth-order valence-corrected chi connectivity index (χ4v) is 3.62. The van der Waals surface area contributed by atoms with Gasteiger partial charge in [0.25, 0.3) is 0 Å². The van der Waals surface area contributed by atoms with E-state index in [9.17, 15) is 13.2 Å². The van der Waals surface area contributed by atoms with Gasteiger partial charge in [0.15, 0.2) is 0 Å². The van der Waals surface area contributed by atoms with Gasteiger partial charge in [-0.2, -0.15) is 0 Å². The van der Waals surface area contributed by atoms with Crippen molar-refractivity contribution in [2.24, 2.45) is 0 Å². The molecule has 1 atom stereocenters. The van der Waals surface area contributed by atoms with Gasteiger partial charge in [0.05, 0.1) is 10.5 Å². The SMILES string of the molecule is C#CCC(CC)NS(=O)(=O)c1cc(C(=O)O)c(C)cc1C. The van der Waals surface area contributed by atoms with E-state index in [2.05, 4.69) is 10.6 Å². The molecule has 2 N–H and O–H groups in total. The number of terminal acetylenes is 1. The number of hydrogen-bond acceptors (Lipinski definition) is 3. The van der Waals surface area contributed by atoms with Crippen molar-refractivity contribution in [1.82, 2.24) is 4.72 Å². The van der Waals surface area contributed by atoms with Crippen LogP contribution in [0.25, 0.3) is 0 Å². The van der Waals surface area contributed by atoms with Gasteiger partial charge in [-0.15, -0.1) is 12.3 Å². The van der Waals surface area contributed by atoms with Crippen LogP contribution in [0.4, 0.5) is 0 Å². The lowest BCUT2D eigenvalue weighted by Crippen LogP contribution is -2.34. The maximum absolute atomic E-state index is 12.4. The van der Waals surface area contributed by atoms with Crippen LogP contribution in [0.2, 0.25) is 0 Å². The second-order valence-electron chi connectivity index (χ2n) is 4.87. The van der Waals surface area contributed by atoms with Crippen molar-refractivity contribution in [1.29, 1.82) is 0 Å². The summed E-state index contributed by atoms with van der Waals surface area (Å²) >= 11 is 0. The number of carbonyl (C=O) groups is 1. The highest BCUT2D eigenvalue weighted by molar-refractivity contribution is 7.89. The number of sulfonamides is 1. The molecule has 0 bridgehead atoms. The number of carboxylic acid groups (broad SMARTS) is 1. The van der Waals surface area contributed by atoms with E-state index in [0.717, 1.165) is 0 Å². The maximum atomic E-state index is 12.4. The van der Waals surface area contributed by atoms with E-state index >= 15 is 0 Å². The highest BCUT2D eigenvalue weighted by Crippen LogP contribution is 2.21. The summed E-state index contributed by atoms with van der Waals surface area (Å²) in [5.74, 6) is 1.27. The van der Waals surface area contributed by atoms with Gasteiger partial charge in [0.2, 0.25) is 10.0 Å². The normalized spacial score (nSPS) is 12.7. The first kappa shape index (κ1) is 17.2. The van der Waals surface area contributed by atoms with Gasteiger partial charge in [-0.25, -0.2) is 17.9 Å². The smallest absolute Gasteiger partial charge is 0.335 e. The van der Waals surface area contributed by atoms with E-state index in [-0.39, 0.29) is 22.9 Å². The minimum absolute atomic E-state index is 0.0222. The molecule has 114 valence electrons. The first-order chi connectivity index (χ1) is 9.72. The van der Waals surface area contributed by atoms with E-state index in [1.807, 2.05) is 6.92 Å². The Hall–Kier alpha value is -1.84. The molecular formula is C15H19NO4S. The second kappa shape index (κ2) is 6.74. The van der Waals surface area contributed by atoms with Crippen LogP contribution in [0.5, 0.6) is 0 Å². The van der Waals surface area contributed by atoms with E-state index in [1.54, 1.807) is 19.9 Å². The maximum Gasteiger partial charge on any atom is 0.335 e. The minimum atomic E-state index is -3.81. The third-order valence-electron chi connectivity index (χ3n) is 3.22. The molecule has 0 aromatic heterocycles. The Morgan fingerprint density at radius 1 is 1.38 bits per heavy atom. The number of aryl methyl sites for hydroxylation is 2. The van der Waals surface area contributed by atoms with Crippen molar-refractivity contribution in [2.75, 3.05) is 0 Å². The van der Waals surface area contributed by atoms with E-state index in [4.69, 9.17) is 11.5 Å². The summed E-state index contributed by atoms with van der Waals surface area (Å²) in [6.07, 6.45) is 6.05. The summed E-state index contributed by atoms with van der Waals surface area (Å²) in [5, 5.41) is 9.12. The molecule has 1 aromatic carbocycles. The number of benzene rings is 1.